The van der Waals surface area contributed by atoms with Crippen LogP contribution in [0.2, 0.25) is 0 Å². The third-order valence-corrected chi connectivity index (χ3v) is 6.45. The Morgan fingerprint density at radius 2 is 1.91 bits per heavy atom. The van der Waals surface area contributed by atoms with Crippen LogP contribution in [0.3, 0.4) is 0 Å². The Morgan fingerprint density at radius 1 is 1.23 bits per heavy atom. The van der Waals surface area contributed by atoms with Gasteiger partial charge in [0.1, 0.15) is 0 Å². The molecule has 7 nitrogen and oxygen atoms in total. The van der Waals surface area contributed by atoms with Gasteiger partial charge in [0.25, 0.3) is 0 Å². The molecule has 0 atom stereocenters. The molecule has 0 saturated carbocycles. The maximum absolute atomic E-state index is 12.0. The smallest absolute Gasteiger partial charge is 0.235 e. The van der Waals surface area contributed by atoms with Gasteiger partial charge < -0.3 is 4.74 Å². The Bertz CT molecular complexity index is 698. The Kier molecular flexibility index (Phi) is 5.30. The molecule has 2 rings (SSSR count). The number of nitrogens with one attached hydrogen (secondary N) is 1. The second kappa shape index (κ2) is 6.84. The van der Waals surface area contributed by atoms with Crippen molar-refractivity contribution in [3.05, 3.63) is 24.3 Å². The maximum atomic E-state index is 12.0. The standard InChI is InChI=1S/C13H20N2O5S2/c1-20-9-11-21(16,17)14-12-4-6-13(7-5-12)15-8-2-3-10-22(15,18)19/h4-7,14H,2-3,8-11H2,1H3. The molecule has 1 N–H and O–H groups in total. The summed E-state index contributed by atoms with van der Waals surface area (Å²) >= 11 is 0. The maximum Gasteiger partial charge on any atom is 0.235 e. The van der Waals surface area contributed by atoms with Gasteiger partial charge in [-0.3, -0.25) is 9.03 Å². The van der Waals surface area contributed by atoms with Crippen molar-refractivity contribution in [3.63, 3.8) is 0 Å². The van der Waals surface area contributed by atoms with Crippen molar-refractivity contribution >= 4 is 31.4 Å². The van der Waals surface area contributed by atoms with Crippen molar-refractivity contribution in [2.75, 3.05) is 40.8 Å². The van der Waals surface area contributed by atoms with E-state index in [9.17, 15) is 16.8 Å². The van der Waals surface area contributed by atoms with Gasteiger partial charge in [0, 0.05) is 19.3 Å². The van der Waals surface area contributed by atoms with Gasteiger partial charge in [-0.25, -0.2) is 16.8 Å². The normalized spacial score (nSPS) is 18.1. The monoisotopic (exact) mass is 348 g/mol. The van der Waals surface area contributed by atoms with Crippen molar-refractivity contribution in [1.82, 2.24) is 0 Å². The number of ether oxygens (including phenoxy) is 1. The molecule has 0 amide bonds. The van der Waals surface area contributed by atoms with E-state index >= 15 is 0 Å². The average molecular weight is 348 g/mol. The number of sulfonamides is 2. The van der Waals surface area contributed by atoms with E-state index < -0.39 is 20.0 Å². The summed E-state index contributed by atoms with van der Waals surface area (Å²) in [5.41, 5.74) is 0.953. The number of hydrogen-bond donors (Lipinski definition) is 1. The van der Waals surface area contributed by atoms with Crippen LogP contribution in [-0.4, -0.2) is 48.6 Å². The number of benzene rings is 1. The molecule has 0 bridgehead atoms. The van der Waals surface area contributed by atoms with Crippen LogP contribution in [0, 0.1) is 0 Å². The van der Waals surface area contributed by atoms with Crippen LogP contribution in [-0.2, 0) is 24.8 Å². The second-order valence-electron chi connectivity index (χ2n) is 5.06. The first-order valence-electron chi connectivity index (χ1n) is 6.94. The van der Waals surface area contributed by atoms with E-state index in [-0.39, 0.29) is 18.1 Å². The van der Waals surface area contributed by atoms with Gasteiger partial charge in [0.2, 0.25) is 20.0 Å². The average Bonchev–Trinajstić information content (AvgIpc) is 2.46. The largest absolute Gasteiger partial charge is 0.384 e. The van der Waals surface area contributed by atoms with E-state index in [2.05, 4.69) is 4.72 Å². The number of hydrogen-bond acceptors (Lipinski definition) is 5. The molecule has 0 spiro atoms. The predicted molar refractivity (Wildman–Crippen MR) is 86.1 cm³/mol. The van der Waals surface area contributed by atoms with E-state index in [1.165, 1.54) is 11.4 Å². The van der Waals surface area contributed by atoms with Crippen LogP contribution in [0.15, 0.2) is 24.3 Å². The molecular formula is C13H20N2O5S2. The van der Waals surface area contributed by atoms with Crippen molar-refractivity contribution in [3.8, 4) is 0 Å². The molecule has 1 heterocycles. The summed E-state index contributed by atoms with van der Waals surface area (Å²) in [4.78, 5) is 0. The minimum Gasteiger partial charge on any atom is -0.384 e. The van der Waals surface area contributed by atoms with Gasteiger partial charge in [-0.2, -0.15) is 0 Å². The number of nitrogens with zero attached hydrogens (tertiary/aromatic N) is 1. The molecule has 1 aromatic rings. The minimum absolute atomic E-state index is 0.111. The number of anilines is 2. The number of methoxy groups -OCH3 is 1. The van der Waals surface area contributed by atoms with Crippen LogP contribution in [0.25, 0.3) is 0 Å². The highest BCUT2D eigenvalue weighted by Crippen LogP contribution is 2.25. The summed E-state index contributed by atoms with van der Waals surface area (Å²) < 4.78 is 56.1. The zero-order chi connectivity index (χ0) is 16.2. The quantitative estimate of drug-likeness (QED) is 0.828. The lowest BCUT2D eigenvalue weighted by Crippen LogP contribution is -2.37. The molecule has 1 aliphatic rings. The van der Waals surface area contributed by atoms with Gasteiger partial charge in [0.05, 0.1) is 23.8 Å². The lowest BCUT2D eigenvalue weighted by atomic mass is 10.2. The Labute approximate surface area is 131 Å². The zero-order valence-electron chi connectivity index (χ0n) is 12.4. The first-order valence-corrected chi connectivity index (χ1v) is 10.2. The van der Waals surface area contributed by atoms with E-state index in [1.54, 1.807) is 24.3 Å². The van der Waals surface area contributed by atoms with E-state index in [4.69, 9.17) is 4.74 Å². The van der Waals surface area contributed by atoms with Gasteiger partial charge in [0.15, 0.2) is 0 Å². The predicted octanol–water partition coefficient (Wildman–Crippen LogP) is 1.00. The minimum atomic E-state index is -3.46. The lowest BCUT2D eigenvalue weighted by molar-refractivity contribution is 0.217. The summed E-state index contributed by atoms with van der Waals surface area (Å²) in [6.07, 6.45) is 1.50. The molecule has 1 aromatic carbocycles. The summed E-state index contributed by atoms with van der Waals surface area (Å²) in [7, 11) is -5.29. The van der Waals surface area contributed by atoms with Crippen molar-refractivity contribution in [1.29, 1.82) is 0 Å². The van der Waals surface area contributed by atoms with Gasteiger partial charge >= 0.3 is 0 Å². The van der Waals surface area contributed by atoms with Crippen LogP contribution >= 0.6 is 0 Å². The summed E-state index contributed by atoms with van der Waals surface area (Å²) in [6.45, 7) is 0.570. The molecule has 1 fully saturated rings. The molecule has 0 unspecified atom stereocenters. The highest BCUT2D eigenvalue weighted by atomic mass is 32.2. The first-order chi connectivity index (χ1) is 10.3. The molecule has 1 aliphatic heterocycles. The topological polar surface area (TPSA) is 92.8 Å². The van der Waals surface area contributed by atoms with Crippen LogP contribution in [0.4, 0.5) is 11.4 Å². The van der Waals surface area contributed by atoms with Crippen LogP contribution < -0.4 is 9.03 Å². The third kappa shape index (κ3) is 4.34. The highest BCUT2D eigenvalue weighted by molar-refractivity contribution is 7.93. The molecule has 0 radical (unpaired) electrons. The molecule has 9 heteroatoms. The van der Waals surface area contributed by atoms with Crippen molar-refractivity contribution in [2.24, 2.45) is 0 Å². The summed E-state index contributed by atoms with van der Waals surface area (Å²) in [5, 5.41) is 0. The van der Waals surface area contributed by atoms with E-state index in [0.29, 0.717) is 24.3 Å². The number of rotatable bonds is 6. The van der Waals surface area contributed by atoms with Crippen molar-refractivity contribution in [2.45, 2.75) is 12.8 Å². The highest BCUT2D eigenvalue weighted by Gasteiger charge is 2.25. The molecular weight excluding hydrogens is 328 g/mol. The summed E-state index contributed by atoms with van der Waals surface area (Å²) in [6, 6.07) is 6.34. The van der Waals surface area contributed by atoms with Gasteiger partial charge in [-0.15, -0.1) is 0 Å². The zero-order valence-corrected chi connectivity index (χ0v) is 14.0. The molecule has 0 aromatic heterocycles. The SMILES string of the molecule is COCCS(=O)(=O)Nc1ccc(N2CCCCS2(=O)=O)cc1. The fraction of sp³-hybridized carbons (Fsp3) is 0.538. The third-order valence-electron chi connectivity index (χ3n) is 3.33. The molecule has 0 aliphatic carbocycles. The molecule has 1 saturated heterocycles. The summed E-state index contributed by atoms with van der Waals surface area (Å²) in [5.74, 6) is 0.0180. The fourth-order valence-electron chi connectivity index (χ4n) is 2.20. The van der Waals surface area contributed by atoms with Crippen molar-refractivity contribution < 1.29 is 21.6 Å². The fourth-order valence-corrected chi connectivity index (χ4v) is 4.82. The first kappa shape index (κ1) is 17.0. The van der Waals surface area contributed by atoms with E-state index in [0.717, 1.165) is 6.42 Å². The van der Waals surface area contributed by atoms with Crippen LogP contribution in [0.5, 0.6) is 0 Å². The van der Waals surface area contributed by atoms with E-state index in [1.807, 2.05) is 0 Å². The Balaban J connectivity index is 2.10. The Morgan fingerprint density at radius 3 is 2.50 bits per heavy atom. The van der Waals surface area contributed by atoms with Gasteiger partial charge in [-0.05, 0) is 37.1 Å². The lowest BCUT2D eigenvalue weighted by Gasteiger charge is -2.28. The van der Waals surface area contributed by atoms with Crippen LogP contribution in [0.1, 0.15) is 12.8 Å². The Hall–Kier alpha value is -1.32. The van der Waals surface area contributed by atoms with Gasteiger partial charge in [-0.1, -0.05) is 0 Å². The second-order valence-corrected chi connectivity index (χ2v) is 8.91. The molecule has 22 heavy (non-hydrogen) atoms. The molecule has 124 valence electrons.